The Balaban J connectivity index is 1.57. The monoisotopic (exact) mass is 418 g/mol. The Morgan fingerprint density at radius 2 is 1.47 bits per heavy atom. The zero-order valence-electron chi connectivity index (χ0n) is 17.7. The van der Waals surface area contributed by atoms with Crippen LogP contribution in [-0.4, -0.2) is 11.6 Å². The SMILES string of the molecule is CCc1ccc(-c2ccc(Cl)cc2)cc1C1C(=O)C2C3CCC(C3=C(C)C)C2C1=O. The van der Waals surface area contributed by atoms with Gasteiger partial charge >= 0.3 is 0 Å². The van der Waals surface area contributed by atoms with E-state index in [4.69, 9.17) is 11.6 Å². The number of allylic oxidation sites excluding steroid dienone is 2. The van der Waals surface area contributed by atoms with Crippen molar-refractivity contribution in [1.29, 1.82) is 0 Å². The van der Waals surface area contributed by atoms with Crippen molar-refractivity contribution in [3.05, 3.63) is 69.8 Å². The van der Waals surface area contributed by atoms with Gasteiger partial charge in [0.05, 0.1) is 0 Å². The smallest absolute Gasteiger partial charge is 0.152 e. The minimum Gasteiger partial charge on any atom is -0.298 e. The van der Waals surface area contributed by atoms with E-state index in [0.717, 1.165) is 41.5 Å². The van der Waals surface area contributed by atoms with E-state index in [9.17, 15) is 9.59 Å². The number of aryl methyl sites for hydroxylation is 1. The Morgan fingerprint density at radius 1 is 0.900 bits per heavy atom. The average Bonchev–Trinajstić information content (AvgIpc) is 3.38. The molecule has 2 nitrogen and oxygen atoms in total. The van der Waals surface area contributed by atoms with E-state index in [0.29, 0.717) is 5.02 Å². The predicted octanol–water partition coefficient (Wildman–Crippen LogP) is 6.41. The second-order valence-corrected chi connectivity index (χ2v) is 9.75. The van der Waals surface area contributed by atoms with E-state index < -0.39 is 5.92 Å². The Morgan fingerprint density at radius 3 is 2.00 bits per heavy atom. The van der Waals surface area contributed by atoms with Crippen LogP contribution < -0.4 is 0 Å². The van der Waals surface area contributed by atoms with Crippen molar-refractivity contribution >= 4 is 23.2 Å². The highest BCUT2D eigenvalue weighted by molar-refractivity contribution is 6.30. The Hall–Kier alpha value is -2.19. The van der Waals surface area contributed by atoms with Crippen molar-refractivity contribution in [2.45, 2.75) is 46.0 Å². The van der Waals surface area contributed by atoms with Gasteiger partial charge in [-0.05, 0) is 85.4 Å². The molecule has 0 aliphatic heterocycles. The molecule has 0 aromatic heterocycles. The lowest BCUT2D eigenvalue weighted by Crippen LogP contribution is -2.24. The summed E-state index contributed by atoms with van der Waals surface area (Å²) < 4.78 is 0. The van der Waals surface area contributed by atoms with E-state index in [2.05, 4.69) is 39.0 Å². The lowest BCUT2D eigenvalue weighted by molar-refractivity contribution is -0.125. The molecule has 2 bridgehead atoms. The highest BCUT2D eigenvalue weighted by Gasteiger charge is 2.63. The van der Waals surface area contributed by atoms with Crippen molar-refractivity contribution in [2.24, 2.45) is 23.7 Å². The number of hydrogen-bond acceptors (Lipinski definition) is 2. The maximum atomic E-state index is 13.7. The molecule has 3 fully saturated rings. The molecule has 4 atom stereocenters. The Bertz CT molecular complexity index is 1040. The van der Waals surface area contributed by atoms with Crippen molar-refractivity contribution in [2.75, 3.05) is 0 Å². The number of Topliss-reactive ketones (excluding diaryl/α,β-unsaturated/α-hetero) is 2. The molecule has 4 unspecified atom stereocenters. The number of rotatable bonds is 3. The van der Waals surface area contributed by atoms with Gasteiger partial charge in [0.25, 0.3) is 0 Å². The summed E-state index contributed by atoms with van der Waals surface area (Å²) in [6.45, 7) is 6.37. The molecule has 0 spiro atoms. The molecule has 5 rings (SSSR count). The van der Waals surface area contributed by atoms with Crippen molar-refractivity contribution < 1.29 is 9.59 Å². The maximum Gasteiger partial charge on any atom is 0.152 e. The lowest BCUT2D eigenvalue weighted by atomic mass is 9.81. The Labute approximate surface area is 183 Å². The third-order valence-corrected chi connectivity index (χ3v) is 7.91. The summed E-state index contributed by atoms with van der Waals surface area (Å²) in [6.07, 6.45) is 2.93. The van der Waals surface area contributed by atoms with Crippen LogP contribution in [0, 0.1) is 23.7 Å². The van der Waals surface area contributed by atoms with Gasteiger partial charge in [-0.15, -0.1) is 0 Å². The molecule has 0 amide bonds. The van der Waals surface area contributed by atoms with Crippen LogP contribution in [0.5, 0.6) is 0 Å². The summed E-state index contributed by atoms with van der Waals surface area (Å²) in [6, 6.07) is 14.0. The van der Waals surface area contributed by atoms with Crippen LogP contribution in [0.1, 0.15) is 50.7 Å². The summed E-state index contributed by atoms with van der Waals surface area (Å²) in [7, 11) is 0. The van der Waals surface area contributed by atoms with Gasteiger partial charge in [0, 0.05) is 16.9 Å². The highest BCUT2D eigenvalue weighted by atomic mass is 35.5. The molecule has 3 saturated carbocycles. The topological polar surface area (TPSA) is 34.1 Å². The van der Waals surface area contributed by atoms with E-state index in [1.165, 1.54) is 11.1 Å². The van der Waals surface area contributed by atoms with Crippen molar-refractivity contribution in [1.82, 2.24) is 0 Å². The van der Waals surface area contributed by atoms with Crippen molar-refractivity contribution in [3.8, 4) is 11.1 Å². The molecular formula is C27H27ClO2. The van der Waals surface area contributed by atoms with E-state index in [1.807, 2.05) is 24.3 Å². The zero-order chi connectivity index (χ0) is 21.2. The molecular weight excluding hydrogens is 392 g/mol. The van der Waals surface area contributed by atoms with Crippen LogP contribution in [-0.2, 0) is 16.0 Å². The quantitative estimate of drug-likeness (QED) is 0.426. The fourth-order valence-corrected chi connectivity index (χ4v) is 6.65. The van der Waals surface area contributed by atoms with Crippen LogP contribution in [0.4, 0.5) is 0 Å². The number of ketones is 2. The zero-order valence-corrected chi connectivity index (χ0v) is 18.5. The highest BCUT2D eigenvalue weighted by Crippen LogP contribution is 2.62. The van der Waals surface area contributed by atoms with Gasteiger partial charge in [-0.2, -0.15) is 0 Å². The molecule has 0 radical (unpaired) electrons. The van der Waals surface area contributed by atoms with Gasteiger partial charge in [-0.1, -0.05) is 53.9 Å². The second-order valence-electron chi connectivity index (χ2n) is 9.31. The van der Waals surface area contributed by atoms with E-state index in [-0.39, 0.29) is 35.2 Å². The Kier molecular flexibility index (Phi) is 4.74. The number of carbonyl (C=O) groups is 2. The van der Waals surface area contributed by atoms with E-state index in [1.54, 1.807) is 0 Å². The third-order valence-electron chi connectivity index (χ3n) is 7.66. The molecule has 2 aromatic rings. The molecule has 3 aliphatic carbocycles. The first-order valence-corrected chi connectivity index (χ1v) is 11.4. The number of carbonyl (C=O) groups excluding carboxylic acids is 2. The van der Waals surface area contributed by atoms with Crippen LogP contribution in [0.2, 0.25) is 5.02 Å². The number of benzene rings is 2. The number of halogens is 1. The molecule has 154 valence electrons. The van der Waals surface area contributed by atoms with Crippen LogP contribution >= 0.6 is 11.6 Å². The fourth-order valence-electron chi connectivity index (χ4n) is 6.52. The minimum absolute atomic E-state index is 0.102. The molecule has 3 aliphatic rings. The molecule has 30 heavy (non-hydrogen) atoms. The summed E-state index contributed by atoms with van der Waals surface area (Å²) in [5.74, 6) is 0.110. The number of fused-ring (bicyclic) bond motifs is 5. The normalized spacial score (nSPS) is 29.6. The molecule has 2 aromatic carbocycles. The van der Waals surface area contributed by atoms with Crippen LogP contribution in [0.3, 0.4) is 0 Å². The molecule has 3 heteroatoms. The van der Waals surface area contributed by atoms with Crippen LogP contribution in [0.25, 0.3) is 11.1 Å². The third kappa shape index (κ3) is 2.76. The fraction of sp³-hybridized carbons (Fsp3) is 0.407. The van der Waals surface area contributed by atoms with Gasteiger partial charge < -0.3 is 0 Å². The molecule has 0 heterocycles. The lowest BCUT2D eigenvalue weighted by Gasteiger charge is -2.20. The first-order valence-electron chi connectivity index (χ1n) is 11.1. The maximum absolute atomic E-state index is 13.7. The summed E-state index contributed by atoms with van der Waals surface area (Å²) in [5, 5.41) is 0.698. The van der Waals surface area contributed by atoms with E-state index >= 15 is 0 Å². The molecule has 0 saturated heterocycles. The molecule has 0 N–H and O–H groups in total. The first-order chi connectivity index (χ1) is 14.4. The summed E-state index contributed by atoms with van der Waals surface area (Å²) >= 11 is 6.05. The predicted molar refractivity (Wildman–Crippen MR) is 121 cm³/mol. The van der Waals surface area contributed by atoms with Gasteiger partial charge in [0.15, 0.2) is 11.6 Å². The van der Waals surface area contributed by atoms with Gasteiger partial charge in [0.2, 0.25) is 0 Å². The average molecular weight is 419 g/mol. The van der Waals surface area contributed by atoms with Gasteiger partial charge in [-0.25, -0.2) is 0 Å². The first kappa shape index (κ1) is 19.8. The summed E-state index contributed by atoms with van der Waals surface area (Å²) in [5.41, 5.74) is 6.84. The van der Waals surface area contributed by atoms with Gasteiger partial charge in [0.1, 0.15) is 5.92 Å². The standard InChI is InChI=1S/C27H27ClO2/c1-4-15-5-6-17(16-7-9-18(28)10-8-16)13-21(15)25-26(29)23-19-11-12-20(22(19)14(2)3)24(23)27(25)30/h5-10,13,19-20,23-25H,4,11-12H2,1-3H3. The summed E-state index contributed by atoms with van der Waals surface area (Å²) in [4.78, 5) is 27.3. The minimum atomic E-state index is -0.594. The van der Waals surface area contributed by atoms with Crippen LogP contribution in [0.15, 0.2) is 53.6 Å². The second kappa shape index (κ2) is 7.20. The number of hydrogen-bond donors (Lipinski definition) is 0. The van der Waals surface area contributed by atoms with Gasteiger partial charge in [-0.3, -0.25) is 9.59 Å². The largest absolute Gasteiger partial charge is 0.298 e. The van der Waals surface area contributed by atoms with Crippen molar-refractivity contribution in [3.63, 3.8) is 0 Å².